The Kier molecular flexibility index (Phi) is 6.13. The first-order valence-corrected chi connectivity index (χ1v) is 8.94. The van der Waals surface area contributed by atoms with Crippen LogP contribution in [0, 0.1) is 6.92 Å². The van der Waals surface area contributed by atoms with Crippen LogP contribution < -0.4 is 5.32 Å². The molecule has 0 fully saturated rings. The zero-order valence-electron chi connectivity index (χ0n) is 14.7. The molecule has 1 atom stereocenters. The van der Waals surface area contributed by atoms with Gasteiger partial charge in [0.1, 0.15) is 6.67 Å². The van der Waals surface area contributed by atoms with E-state index in [1.807, 2.05) is 24.4 Å². The predicted molar refractivity (Wildman–Crippen MR) is 103 cm³/mol. The first-order valence-electron chi connectivity index (χ1n) is 8.94. The molecule has 0 saturated heterocycles. The molecule has 0 aliphatic carbocycles. The molecule has 130 valence electrons. The molecule has 0 radical (unpaired) electrons. The molecule has 2 nitrogen and oxygen atoms in total. The van der Waals surface area contributed by atoms with Crippen molar-refractivity contribution >= 4 is 10.9 Å². The Morgan fingerprint density at radius 3 is 2.64 bits per heavy atom. The van der Waals surface area contributed by atoms with Crippen LogP contribution in [0.4, 0.5) is 4.39 Å². The number of alkyl halides is 1. The number of nitrogens with zero attached hydrogens (tertiary/aromatic N) is 1. The second-order valence-electron chi connectivity index (χ2n) is 6.59. The first-order chi connectivity index (χ1) is 12.3. The Labute approximate surface area is 149 Å². The van der Waals surface area contributed by atoms with E-state index in [0.717, 1.165) is 31.3 Å². The second kappa shape index (κ2) is 8.72. The van der Waals surface area contributed by atoms with Crippen LogP contribution >= 0.6 is 0 Å². The highest BCUT2D eigenvalue weighted by molar-refractivity contribution is 5.81. The minimum Gasteiger partial charge on any atom is -0.311 e. The van der Waals surface area contributed by atoms with Crippen molar-refractivity contribution in [1.29, 1.82) is 0 Å². The molecule has 0 aliphatic rings. The number of halogens is 1. The Hall–Kier alpha value is -2.26. The van der Waals surface area contributed by atoms with Crippen molar-refractivity contribution in [3.05, 3.63) is 77.5 Å². The van der Waals surface area contributed by atoms with Gasteiger partial charge in [0.15, 0.2) is 0 Å². The number of pyridine rings is 1. The average Bonchev–Trinajstić information content (AvgIpc) is 2.66. The Morgan fingerprint density at radius 1 is 1.04 bits per heavy atom. The van der Waals surface area contributed by atoms with Gasteiger partial charge in [-0.05, 0) is 56.0 Å². The van der Waals surface area contributed by atoms with Crippen LogP contribution in [0.25, 0.3) is 10.9 Å². The van der Waals surface area contributed by atoms with Crippen LogP contribution in [-0.4, -0.2) is 24.2 Å². The zero-order valence-corrected chi connectivity index (χ0v) is 14.7. The van der Waals surface area contributed by atoms with Crippen LogP contribution in [0.2, 0.25) is 0 Å². The number of fused-ring (bicyclic) bond motifs is 1. The van der Waals surface area contributed by atoms with Crippen LogP contribution in [0.15, 0.2) is 60.8 Å². The van der Waals surface area contributed by atoms with Crippen LogP contribution in [-0.2, 0) is 12.8 Å². The molecule has 3 heteroatoms. The quantitative estimate of drug-likeness (QED) is 0.606. The maximum atomic E-state index is 13.3. The number of para-hydroxylation sites is 1. The summed E-state index contributed by atoms with van der Waals surface area (Å²) in [6.07, 6.45) is 4.56. The van der Waals surface area contributed by atoms with E-state index >= 15 is 0 Å². The summed E-state index contributed by atoms with van der Waals surface area (Å²) in [6, 6.07) is 18.5. The largest absolute Gasteiger partial charge is 0.311 e. The highest BCUT2D eigenvalue weighted by atomic mass is 19.1. The maximum absolute atomic E-state index is 13.3. The summed E-state index contributed by atoms with van der Waals surface area (Å²) < 4.78 is 13.3. The summed E-state index contributed by atoms with van der Waals surface area (Å²) in [6.45, 7) is 2.54. The minimum absolute atomic E-state index is 0.114. The van der Waals surface area contributed by atoms with Crippen LogP contribution in [0.5, 0.6) is 0 Å². The van der Waals surface area contributed by atoms with Crippen LogP contribution in [0.3, 0.4) is 0 Å². The van der Waals surface area contributed by atoms with Gasteiger partial charge in [-0.25, -0.2) is 4.39 Å². The molecule has 3 rings (SSSR count). The summed E-state index contributed by atoms with van der Waals surface area (Å²) in [4.78, 5) is 4.40. The van der Waals surface area contributed by atoms with Crippen molar-refractivity contribution in [3.8, 4) is 0 Å². The lowest BCUT2D eigenvalue weighted by atomic mass is 10.0. The van der Waals surface area contributed by atoms with Crippen molar-refractivity contribution in [1.82, 2.24) is 10.3 Å². The van der Waals surface area contributed by atoms with Gasteiger partial charge in [-0.2, -0.15) is 0 Å². The van der Waals surface area contributed by atoms with Gasteiger partial charge in [-0.15, -0.1) is 0 Å². The van der Waals surface area contributed by atoms with Gasteiger partial charge in [0.05, 0.1) is 5.52 Å². The van der Waals surface area contributed by atoms with Crippen molar-refractivity contribution in [3.63, 3.8) is 0 Å². The number of aromatic nitrogens is 1. The molecule has 0 bridgehead atoms. The van der Waals surface area contributed by atoms with E-state index < -0.39 is 0 Å². The van der Waals surface area contributed by atoms with Gasteiger partial charge < -0.3 is 5.32 Å². The van der Waals surface area contributed by atoms with Crippen molar-refractivity contribution < 1.29 is 4.39 Å². The summed E-state index contributed by atoms with van der Waals surface area (Å²) in [5.41, 5.74) is 4.76. The molecule has 1 unspecified atom stereocenters. The summed E-state index contributed by atoms with van der Waals surface area (Å²) in [5.74, 6) is 0. The molecule has 2 aromatic carbocycles. The highest BCUT2D eigenvalue weighted by Gasteiger charge is 2.09. The number of nitrogens with one attached hydrogen (secondary N) is 1. The Morgan fingerprint density at radius 2 is 1.84 bits per heavy atom. The normalized spacial score (nSPS) is 12.4. The fraction of sp³-hybridized carbons (Fsp3) is 0.318. The standard InChI is InChI=1S/C22H25FN2/c1-17-8-10-18(11-9-17)15-20(16-23)24-13-4-5-19-12-14-25-22-7-3-2-6-21(19)22/h2-3,6-12,14,20,24H,4-5,13,15-16H2,1H3. The molecular weight excluding hydrogens is 311 g/mol. The average molecular weight is 336 g/mol. The molecule has 0 aliphatic heterocycles. The molecular formula is C22H25FN2. The molecule has 0 amide bonds. The number of hydrogen-bond acceptors (Lipinski definition) is 2. The summed E-state index contributed by atoms with van der Waals surface area (Å²) >= 11 is 0. The van der Waals surface area contributed by atoms with E-state index in [9.17, 15) is 4.39 Å². The van der Waals surface area contributed by atoms with Gasteiger partial charge in [-0.3, -0.25) is 4.98 Å². The monoisotopic (exact) mass is 336 g/mol. The van der Waals surface area contributed by atoms with Crippen molar-refractivity contribution in [2.75, 3.05) is 13.2 Å². The molecule has 1 aromatic heterocycles. The Bertz CT molecular complexity index is 793. The Balaban J connectivity index is 1.50. The first kappa shape index (κ1) is 17.6. The molecule has 3 aromatic rings. The van der Waals surface area contributed by atoms with E-state index in [1.54, 1.807) is 0 Å². The lowest BCUT2D eigenvalue weighted by molar-refractivity contribution is 0.371. The fourth-order valence-corrected chi connectivity index (χ4v) is 3.15. The lowest BCUT2D eigenvalue weighted by Gasteiger charge is -2.16. The van der Waals surface area contributed by atoms with Crippen LogP contribution in [0.1, 0.15) is 23.1 Å². The number of rotatable bonds is 8. The van der Waals surface area contributed by atoms with E-state index in [4.69, 9.17) is 0 Å². The predicted octanol–water partition coefficient (Wildman–Crippen LogP) is 4.65. The number of hydrogen-bond donors (Lipinski definition) is 1. The number of aryl methyl sites for hydroxylation is 2. The van der Waals surface area contributed by atoms with Crippen molar-refractivity contribution in [2.45, 2.75) is 32.2 Å². The SMILES string of the molecule is Cc1ccc(CC(CF)NCCCc2ccnc3ccccc23)cc1. The zero-order chi connectivity index (χ0) is 17.5. The topological polar surface area (TPSA) is 24.9 Å². The van der Waals surface area contributed by atoms with Gasteiger partial charge in [0, 0.05) is 17.6 Å². The highest BCUT2D eigenvalue weighted by Crippen LogP contribution is 2.17. The maximum Gasteiger partial charge on any atom is 0.105 e. The van der Waals surface area contributed by atoms with Crippen molar-refractivity contribution in [2.24, 2.45) is 0 Å². The van der Waals surface area contributed by atoms with E-state index in [-0.39, 0.29) is 12.7 Å². The third kappa shape index (κ3) is 4.86. The second-order valence-corrected chi connectivity index (χ2v) is 6.59. The molecule has 1 N–H and O–H groups in total. The summed E-state index contributed by atoms with van der Waals surface area (Å²) in [5, 5.41) is 4.57. The third-order valence-corrected chi connectivity index (χ3v) is 4.58. The van der Waals surface area contributed by atoms with Gasteiger partial charge in [-0.1, -0.05) is 48.0 Å². The third-order valence-electron chi connectivity index (χ3n) is 4.58. The van der Waals surface area contributed by atoms with E-state index in [0.29, 0.717) is 0 Å². The summed E-state index contributed by atoms with van der Waals surface area (Å²) in [7, 11) is 0. The lowest BCUT2D eigenvalue weighted by Crippen LogP contribution is -2.34. The van der Waals surface area contributed by atoms with Gasteiger partial charge in [0.2, 0.25) is 0 Å². The van der Waals surface area contributed by atoms with Gasteiger partial charge >= 0.3 is 0 Å². The smallest absolute Gasteiger partial charge is 0.105 e. The molecule has 0 spiro atoms. The van der Waals surface area contributed by atoms with E-state index in [2.05, 4.69) is 53.6 Å². The molecule has 0 saturated carbocycles. The fourth-order valence-electron chi connectivity index (χ4n) is 3.15. The van der Waals surface area contributed by atoms with Gasteiger partial charge in [0.25, 0.3) is 0 Å². The molecule has 1 heterocycles. The number of benzene rings is 2. The van der Waals surface area contributed by atoms with E-state index in [1.165, 1.54) is 22.1 Å². The minimum atomic E-state index is -0.341. The molecule has 25 heavy (non-hydrogen) atoms.